The van der Waals surface area contributed by atoms with Crippen molar-refractivity contribution in [3.8, 4) is 11.5 Å². The molecule has 28 heavy (non-hydrogen) atoms. The van der Waals surface area contributed by atoms with Crippen LogP contribution in [0.15, 0.2) is 45.8 Å². The number of ether oxygens (including phenoxy) is 2. The van der Waals surface area contributed by atoms with Crippen LogP contribution in [-0.4, -0.2) is 36.6 Å². The summed E-state index contributed by atoms with van der Waals surface area (Å²) < 4.78 is 12.7. The van der Waals surface area contributed by atoms with Crippen molar-refractivity contribution in [3.05, 3.63) is 47.0 Å². The van der Waals surface area contributed by atoms with Gasteiger partial charge in [-0.15, -0.1) is 11.3 Å². The van der Waals surface area contributed by atoms with Gasteiger partial charge in [-0.2, -0.15) is 5.10 Å². The molecule has 0 atom stereocenters. The van der Waals surface area contributed by atoms with Crippen molar-refractivity contribution in [3.63, 3.8) is 0 Å². The van der Waals surface area contributed by atoms with E-state index in [0.717, 1.165) is 14.6 Å². The first-order valence-corrected chi connectivity index (χ1v) is 10.6. The van der Waals surface area contributed by atoms with Gasteiger partial charge in [0, 0.05) is 0 Å². The molecule has 3 aromatic rings. The number of nitrogens with zero attached hydrogens (tertiary/aromatic N) is 2. The fourth-order valence-corrected chi connectivity index (χ4v) is 4.48. The molecule has 0 saturated heterocycles. The number of carbonyl (C=O) groups is 1. The zero-order valence-corrected chi connectivity index (χ0v) is 17.7. The predicted octanol–water partition coefficient (Wildman–Crippen LogP) is 4.60. The van der Waals surface area contributed by atoms with Gasteiger partial charge in [0.05, 0.1) is 40.9 Å². The summed E-state index contributed by atoms with van der Waals surface area (Å²) >= 11 is 9.17. The van der Waals surface area contributed by atoms with Crippen molar-refractivity contribution in [2.24, 2.45) is 5.10 Å². The number of amides is 1. The van der Waals surface area contributed by atoms with Gasteiger partial charge in [0.25, 0.3) is 5.91 Å². The number of nitrogens with one attached hydrogen (secondary N) is 1. The van der Waals surface area contributed by atoms with Crippen LogP contribution in [-0.2, 0) is 4.79 Å². The van der Waals surface area contributed by atoms with Crippen LogP contribution in [0.1, 0.15) is 12.5 Å². The van der Waals surface area contributed by atoms with Crippen molar-refractivity contribution >= 4 is 57.0 Å². The normalized spacial score (nSPS) is 11.1. The molecule has 0 radical (unpaired) electrons. The Labute approximate surface area is 175 Å². The largest absolute Gasteiger partial charge is 0.493 e. The minimum Gasteiger partial charge on any atom is -0.493 e. The second-order valence-electron chi connectivity index (χ2n) is 5.50. The number of fused-ring (bicyclic) bond motifs is 1. The number of para-hydroxylation sites is 1. The molecule has 2 aromatic carbocycles. The van der Waals surface area contributed by atoms with Gasteiger partial charge in [0.15, 0.2) is 15.8 Å². The fraction of sp³-hybridized carbons (Fsp3) is 0.211. The third kappa shape index (κ3) is 5.15. The summed E-state index contributed by atoms with van der Waals surface area (Å²) in [6.07, 6.45) is 1.50. The van der Waals surface area contributed by atoms with E-state index in [2.05, 4.69) is 15.5 Å². The Morgan fingerprint density at radius 2 is 2.21 bits per heavy atom. The molecular formula is C19H18ClN3O3S2. The zero-order valence-electron chi connectivity index (χ0n) is 15.3. The van der Waals surface area contributed by atoms with Crippen molar-refractivity contribution < 1.29 is 14.3 Å². The van der Waals surface area contributed by atoms with E-state index >= 15 is 0 Å². The zero-order chi connectivity index (χ0) is 19.9. The van der Waals surface area contributed by atoms with Crippen molar-refractivity contribution in [2.75, 3.05) is 19.5 Å². The van der Waals surface area contributed by atoms with Crippen molar-refractivity contribution in [1.82, 2.24) is 10.4 Å². The third-order valence-corrected chi connectivity index (χ3v) is 6.00. The van der Waals surface area contributed by atoms with Crippen LogP contribution in [0.5, 0.6) is 11.5 Å². The molecule has 0 fully saturated rings. The molecule has 6 nitrogen and oxygen atoms in total. The van der Waals surface area contributed by atoms with Gasteiger partial charge < -0.3 is 9.47 Å². The van der Waals surface area contributed by atoms with Gasteiger partial charge in [-0.05, 0) is 36.8 Å². The molecule has 0 aliphatic rings. The first-order chi connectivity index (χ1) is 13.6. The molecule has 1 amide bonds. The van der Waals surface area contributed by atoms with Gasteiger partial charge in [-0.25, -0.2) is 10.4 Å². The second kappa shape index (κ2) is 9.77. The van der Waals surface area contributed by atoms with Gasteiger partial charge >= 0.3 is 0 Å². The maximum absolute atomic E-state index is 12.0. The average molecular weight is 436 g/mol. The fourth-order valence-electron chi connectivity index (χ4n) is 2.35. The highest BCUT2D eigenvalue weighted by Crippen LogP contribution is 2.36. The monoisotopic (exact) mass is 435 g/mol. The SMILES string of the molecule is CCOc1c(Cl)cc(/C=N\NC(=O)CSc2nc3ccccc3s2)cc1OC. The van der Waals surface area contributed by atoms with E-state index in [1.165, 1.54) is 25.1 Å². The highest BCUT2D eigenvalue weighted by molar-refractivity contribution is 8.01. The molecule has 0 aliphatic carbocycles. The van der Waals surface area contributed by atoms with Gasteiger partial charge in [0.1, 0.15) is 0 Å². The van der Waals surface area contributed by atoms with E-state index in [1.807, 2.05) is 31.2 Å². The van der Waals surface area contributed by atoms with Crippen LogP contribution in [0.3, 0.4) is 0 Å². The summed E-state index contributed by atoms with van der Waals surface area (Å²) in [5.41, 5.74) is 4.13. The lowest BCUT2D eigenvalue weighted by atomic mass is 10.2. The van der Waals surface area contributed by atoms with Crippen molar-refractivity contribution in [2.45, 2.75) is 11.3 Å². The second-order valence-corrected chi connectivity index (χ2v) is 8.16. The molecule has 0 bridgehead atoms. The maximum Gasteiger partial charge on any atom is 0.250 e. The van der Waals surface area contributed by atoms with Crippen LogP contribution < -0.4 is 14.9 Å². The quantitative estimate of drug-likeness (QED) is 0.318. The Bertz CT molecular complexity index is 974. The highest BCUT2D eigenvalue weighted by Gasteiger charge is 2.11. The summed E-state index contributed by atoms with van der Waals surface area (Å²) in [5, 5.41) is 4.40. The number of carbonyl (C=O) groups excluding carboxylic acids is 1. The average Bonchev–Trinajstić information content (AvgIpc) is 3.11. The van der Waals surface area contributed by atoms with Gasteiger partial charge in [-0.3, -0.25) is 4.79 Å². The van der Waals surface area contributed by atoms with E-state index in [-0.39, 0.29) is 11.7 Å². The number of rotatable bonds is 8. The lowest BCUT2D eigenvalue weighted by Gasteiger charge is -2.11. The molecule has 9 heteroatoms. The molecule has 0 unspecified atom stereocenters. The summed E-state index contributed by atoms with van der Waals surface area (Å²) in [7, 11) is 1.54. The smallest absolute Gasteiger partial charge is 0.250 e. The van der Waals surface area contributed by atoms with E-state index in [9.17, 15) is 4.79 Å². The van der Waals surface area contributed by atoms with Crippen LogP contribution in [0.4, 0.5) is 0 Å². The van der Waals surface area contributed by atoms with E-state index in [4.69, 9.17) is 21.1 Å². The number of hydrogen-bond acceptors (Lipinski definition) is 7. The van der Waals surface area contributed by atoms with Crippen LogP contribution in [0.25, 0.3) is 10.2 Å². The summed E-state index contributed by atoms with van der Waals surface area (Å²) in [5.74, 6) is 1.00. The number of halogens is 1. The van der Waals surface area contributed by atoms with Crippen LogP contribution in [0.2, 0.25) is 5.02 Å². The van der Waals surface area contributed by atoms with Gasteiger partial charge in [-0.1, -0.05) is 35.5 Å². The number of hydrogen-bond donors (Lipinski definition) is 1. The van der Waals surface area contributed by atoms with Crippen LogP contribution >= 0.6 is 34.7 Å². The lowest BCUT2D eigenvalue weighted by Crippen LogP contribution is -2.19. The van der Waals surface area contributed by atoms with Crippen LogP contribution in [0, 0.1) is 0 Å². The number of thiazole rings is 1. The summed E-state index contributed by atoms with van der Waals surface area (Å²) in [4.78, 5) is 16.5. The minimum absolute atomic E-state index is 0.218. The van der Waals surface area contributed by atoms with Gasteiger partial charge in [0.2, 0.25) is 0 Å². The summed E-state index contributed by atoms with van der Waals surface area (Å²) in [6.45, 7) is 2.35. The number of methoxy groups -OCH3 is 1. The Morgan fingerprint density at radius 1 is 1.39 bits per heavy atom. The minimum atomic E-state index is -0.218. The Kier molecular flexibility index (Phi) is 7.13. The Hall–Kier alpha value is -2.29. The van der Waals surface area contributed by atoms with E-state index < -0.39 is 0 Å². The number of thioether (sulfide) groups is 1. The highest BCUT2D eigenvalue weighted by atomic mass is 35.5. The first kappa shape index (κ1) is 20.4. The third-order valence-electron chi connectivity index (χ3n) is 3.54. The first-order valence-electron chi connectivity index (χ1n) is 8.41. The molecular weight excluding hydrogens is 418 g/mol. The number of hydrazone groups is 1. The standard InChI is InChI=1S/C19H18ClN3O3S2/c1-3-26-18-13(20)8-12(9-15(18)25-2)10-21-23-17(24)11-27-19-22-14-6-4-5-7-16(14)28-19/h4-10H,3,11H2,1-2H3,(H,23,24)/b21-10-. The van der Waals surface area contributed by atoms with E-state index in [1.54, 1.807) is 23.5 Å². The molecule has 1 heterocycles. The summed E-state index contributed by atoms with van der Waals surface area (Å²) in [6, 6.07) is 11.3. The number of benzene rings is 2. The Balaban J connectivity index is 1.56. The van der Waals surface area contributed by atoms with Crippen molar-refractivity contribution in [1.29, 1.82) is 0 Å². The molecule has 0 saturated carbocycles. The molecule has 3 rings (SSSR count). The molecule has 0 spiro atoms. The molecule has 1 N–H and O–H groups in total. The Morgan fingerprint density at radius 3 is 2.96 bits per heavy atom. The topological polar surface area (TPSA) is 72.8 Å². The molecule has 1 aromatic heterocycles. The lowest BCUT2D eigenvalue weighted by molar-refractivity contribution is -0.118. The van der Waals surface area contributed by atoms with E-state index in [0.29, 0.717) is 28.7 Å². The number of aromatic nitrogens is 1. The molecule has 146 valence electrons. The molecule has 0 aliphatic heterocycles. The predicted molar refractivity (Wildman–Crippen MR) is 115 cm³/mol. The maximum atomic E-state index is 12.0.